The fourth-order valence-electron chi connectivity index (χ4n) is 2.47. The van der Waals surface area contributed by atoms with Gasteiger partial charge >= 0.3 is 0 Å². The molecule has 0 radical (unpaired) electrons. The number of fused-ring (bicyclic) bond motifs is 1. The van der Waals surface area contributed by atoms with Crippen LogP contribution < -0.4 is 9.64 Å². The number of phenols is 1. The van der Waals surface area contributed by atoms with Crippen molar-refractivity contribution in [3.05, 3.63) is 50.9 Å². The molecule has 0 spiro atoms. The maximum absolute atomic E-state index is 12.5. The number of rotatable bonds is 3. The number of hydrogen-bond acceptors (Lipinski definition) is 4. The molecule has 2 N–H and O–H groups in total. The van der Waals surface area contributed by atoms with Crippen molar-refractivity contribution in [2.24, 2.45) is 0 Å². The van der Waals surface area contributed by atoms with Crippen LogP contribution in [-0.2, 0) is 6.54 Å². The molecular formula is C17H18NO3S+. The molecule has 1 aromatic carbocycles. The minimum Gasteiger partial charge on any atom is -0.507 e. The summed E-state index contributed by atoms with van der Waals surface area (Å²) in [7, 11) is 3.97. The Morgan fingerprint density at radius 1 is 1.32 bits per heavy atom. The quantitative estimate of drug-likeness (QED) is 0.852. The van der Waals surface area contributed by atoms with Gasteiger partial charge in [0.05, 0.1) is 25.2 Å². The number of thiophene rings is 1. The SMILES string of the molecule is Cc1ccsc1/C=C1\Oc2c(ccc(O)c2C[NH+](C)C)C1=O. The zero-order chi connectivity index (χ0) is 15.9. The van der Waals surface area contributed by atoms with E-state index in [0.29, 0.717) is 29.2 Å². The molecule has 5 heteroatoms. The second-order valence-electron chi connectivity index (χ2n) is 5.73. The molecule has 2 heterocycles. The van der Waals surface area contributed by atoms with E-state index < -0.39 is 0 Å². The second-order valence-corrected chi connectivity index (χ2v) is 6.68. The molecule has 0 amide bonds. The van der Waals surface area contributed by atoms with Gasteiger partial charge in [-0.2, -0.15) is 0 Å². The molecule has 3 rings (SSSR count). The van der Waals surface area contributed by atoms with E-state index >= 15 is 0 Å². The molecule has 0 saturated heterocycles. The van der Waals surface area contributed by atoms with Crippen molar-refractivity contribution >= 4 is 23.2 Å². The summed E-state index contributed by atoms with van der Waals surface area (Å²) in [6.45, 7) is 2.59. The molecule has 1 aliphatic heterocycles. The number of Topliss-reactive ketones (excluding diaryl/α,β-unsaturated/α-hetero) is 1. The molecule has 0 aliphatic carbocycles. The number of nitrogens with one attached hydrogen (secondary N) is 1. The summed E-state index contributed by atoms with van der Waals surface area (Å²) in [5, 5.41) is 12.1. The van der Waals surface area contributed by atoms with Gasteiger partial charge in [0, 0.05) is 11.0 Å². The Morgan fingerprint density at radius 2 is 2.09 bits per heavy atom. The molecule has 1 aromatic heterocycles. The molecular weight excluding hydrogens is 298 g/mol. The van der Waals surface area contributed by atoms with Crippen LogP contribution in [0.2, 0.25) is 0 Å². The van der Waals surface area contributed by atoms with Crippen LogP contribution in [0.3, 0.4) is 0 Å². The summed E-state index contributed by atoms with van der Waals surface area (Å²) in [6.07, 6.45) is 1.78. The summed E-state index contributed by atoms with van der Waals surface area (Å²) in [5.74, 6) is 0.854. The molecule has 0 unspecified atom stereocenters. The lowest BCUT2D eigenvalue weighted by atomic mass is 10.0. The number of carbonyl (C=O) groups excluding carboxylic acids is 1. The number of benzene rings is 1. The van der Waals surface area contributed by atoms with E-state index in [0.717, 1.165) is 15.3 Å². The average molecular weight is 316 g/mol. The molecule has 22 heavy (non-hydrogen) atoms. The number of aromatic hydroxyl groups is 1. The van der Waals surface area contributed by atoms with Crippen LogP contribution >= 0.6 is 11.3 Å². The fraction of sp³-hybridized carbons (Fsp3) is 0.235. The number of allylic oxidation sites excluding steroid dienone is 1. The lowest BCUT2D eigenvalue weighted by Gasteiger charge is -2.11. The zero-order valence-corrected chi connectivity index (χ0v) is 13.6. The Bertz CT molecular complexity index is 774. The number of carbonyl (C=O) groups is 1. The maximum atomic E-state index is 12.5. The summed E-state index contributed by atoms with van der Waals surface area (Å²) in [4.78, 5) is 14.7. The number of hydrogen-bond donors (Lipinski definition) is 2. The fourth-order valence-corrected chi connectivity index (χ4v) is 3.32. The number of ketones is 1. The van der Waals surface area contributed by atoms with Crippen LogP contribution in [0.5, 0.6) is 11.5 Å². The molecule has 0 atom stereocenters. The van der Waals surface area contributed by atoms with E-state index in [4.69, 9.17) is 4.74 Å². The van der Waals surface area contributed by atoms with Crippen molar-refractivity contribution in [3.63, 3.8) is 0 Å². The van der Waals surface area contributed by atoms with Crippen LogP contribution in [-0.4, -0.2) is 25.0 Å². The number of aryl methyl sites for hydroxylation is 1. The maximum Gasteiger partial charge on any atom is 0.232 e. The van der Waals surface area contributed by atoms with E-state index in [9.17, 15) is 9.90 Å². The first kappa shape index (κ1) is 14.8. The third-order valence-corrected chi connectivity index (χ3v) is 4.58. The van der Waals surface area contributed by atoms with Crippen LogP contribution in [0.15, 0.2) is 29.3 Å². The molecule has 1 aliphatic rings. The molecule has 0 saturated carbocycles. The van der Waals surface area contributed by atoms with Gasteiger partial charge in [-0.25, -0.2) is 0 Å². The first-order valence-corrected chi connectivity index (χ1v) is 7.97. The van der Waals surface area contributed by atoms with E-state index in [-0.39, 0.29) is 11.5 Å². The van der Waals surface area contributed by atoms with Gasteiger partial charge in [-0.1, -0.05) is 0 Å². The molecule has 0 fully saturated rings. The van der Waals surface area contributed by atoms with Gasteiger partial charge in [0.1, 0.15) is 12.3 Å². The molecule has 2 aromatic rings. The lowest BCUT2D eigenvalue weighted by Crippen LogP contribution is -3.04. The largest absolute Gasteiger partial charge is 0.507 e. The summed E-state index contributed by atoms with van der Waals surface area (Å²) in [6, 6.07) is 5.21. The van der Waals surface area contributed by atoms with Crippen molar-refractivity contribution in [3.8, 4) is 11.5 Å². The van der Waals surface area contributed by atoms with Crippen molar-refractivity contribution in [1.29, 1.82) is 0 Å². The summed E-state index contributed by atoms with van der Waals surface area (Å²) in [5.41, 5.74) is 2.32. The van der Waals surface area contributed by atoms with Crippen molar-refractivity contribution < 1.29 is 19.5 Å². The van der Waals surface area contributed by atoms with Crippen molar-refractivity contribution in [2.75, 3.05) is 14.1 Å². The normalized spacial score (nSPS) is 15.5. The van der Waals surface area contributed by atoms with E-state index in [2.05, 4.69) is 0 Å². The monoisotopic (exact) mass is 316 g/mol. The van der Waals surface area contributed by atoms with Gasteiger partial charge in [-0.3, -0.25) is 4.79 Å². The minimum atomic E-state index is -0.127. The van der Waals surface area contributed by atoms with E-state index in [1.807, 2.05) is 32.5 Å². The van der Waals surface area contributed by atoms with Crippen molar-refractivity contribution in [1.82, 2.24) is 0 Å². The van der Waals surface area contributed by atoms with Gasteiger partial charge in [0.15, 0.2) is 11.5 Å². The van der Waals surface area contributed by atoms with Crippen LogP contribution in [0, 0.1) is 6.92 Å². The summed E-state index contributed by atoms with van der Waals surface area (Å²) >= 11 is 1.57. The van der Waals surface area contributed by atoms with Crippen LogP contribution in [0.1, 0.15) is 26.4 Å². The van der Waals surface area contributed by atoms with Crippen molar-refractivity contribution in [2.45, 2.75) is 13.5 Å². The summed E-state index contributed by atoms with van der Waals surface area (Å²) < 4.78 is 5.81. The smallest absolute Gasteiger partial charge is 0.232 e. The Hall–Kier alpha value is -2.11. The topological polar surface area (TPSA) is 51.0 Å². The van der Waals surface area contributed by atoms with Gasteiger partial charge in [-0.05, 0) is 36.1 Å². The highest BCUT2D eigenvalue weighted by Gasteiger charge is 2.32. The third-order valence-electron chi connectivity index (χ3n) is 3.61. The van der Waals surface area contributed by atoms with Crippen LogP contribution in [0.4, 0.5) is 0 Å². The number of phenolic OH excluding ortho intramolecular Hbond substituents is 1. The highest BCUT2D eigenvalue weighted by Crippen LogP contribution is 2.39. The predicted molar refractivity (Wildman–Crippen MR) is 86.6 cm³/mol. The zero-order valence-electron chi connectivity index (χ0n) is 12.8. The van der Waals surface area contributed by atoms with E-state index in [1.165, 1.54) is 0 Å². The Balaban J connectivity index is 2.04. The Morgan fingerprint density at radius 3 is 2.73 bits per heavy atom. The minimum absolute atomic E-state index is 0.127. The first-order chi connectivity index (χ1) is 10.5. The highest BCUT2D eigenvalue weighted by atomic mass is 32.1. The third kappa shape index (κ3) is 2.53. The van der Waals surface area contributed by atoms with Gasteiger partial charge < -0.3 is 14.7 Å². The number of quaternary nitrogens is 1. The molecule has 4 nitrogen and oxygen atoms in total. The molecule has 114 valence electrons. The van der Waals surface area contributed by atoms with Gasteiger partial charge in [0.25, 0.3) is 0 Å². The lowest BCUT2D eigenvalue weighted by molar-refractivity contribution is -0.872. The standard InChI is InChI=1S/C17H17NO3S/c1-10-6-7-22-15(10)8-14-16(20)11-4-5-13(19)12(9-18(2)3)17(11)21-14/h4-8,19H,9H2,1-3H3/p+1/b14-8-. The molecule has 0 bridgehead atoms. The van der Waals surface area contributed by atoms with Gasteiger partial charge in [0.2, 0.25) is 5.78 Å². The Kier molecular flexibility index (Phi) is 3.76. The average Bonchev–Trinajstić information content (AvgIpc) is 2.99. The Labute approximate surface area is 133 Å². The van der Waals surface area contributed by atoms with Gasteiger partial charge in [-0.15, -0.1) is 11.3 Å². The first-order valence-electron chi connectivity index (χ1n) is 7.09. The van der Waals surface area contributed by atoms with E-state index in [1.54, 1.807) is 29.5 Å². The number of ether oxygens (including phenoxy) is 1. The highest BCUT2D eigenvalue weighted by molar-refractivity contribution is 7.11. The second kappa shape index (κ2) is 5.59. The van der Waals surface area contributed by atoms with Crippen LogP contribution in [0.25, 0.3) is 6.08 Å². The predicted octanol–water partition coefficient (Wildman–Crippen LogP) is 2.02.